The number of rotatable bonds is 3. The monoisotopic (exact) mass is 271 g/mol. The summed E-state index contributed by atoms with van der Waals surface area (Å²) < 4.78 is 43.2. The first-order valence-corrected chi connectivity index (χ1v) is 5.80. The van der Waals surface area contributed by atoms with Crippen molar-refractivity contribution in [2.45, 2.75) is 24.6 Å². The predicted molar refractivity (Wildman–Crippen MR) is 62.6 cm³/mol. The lowest BCUT2D eigenvalue weighted by Gasteiger charge is -2.12. The summed E-state index contributed by atoms with van der Waals surface area (Å²) in [4.78, 5) is 2.64. The van der Waals surface area contributed by atoms with E-state index in [1.807, 2.05) is 0 Å². The molecular formula is C12H12F3N3O. The predicted octanol–water partition coefficient (Wildman–Crippen LogP) is 3.89. The molecule has 7 heteroatoms. The van der Waals surface area contributed by atoms with Gasteiger partial charge in [0.05, 0.1) is 24.8 Å². The maximum absolute atomic E-state index is 12.6. The Morgan fingerprint density at radius 2 is 2.21 bits per heavy atom. The molecule has 0 bridgehead atoms. The molecule has 1 aliphatic heterocycles. The summed E-state index contributed by atoms with van der Waals surface area (Å²) in [6, 6.07) is 5.28. The third kappa shape index (κ3) is 3.39. The van der Waals surface area contributed by atoms with Crippen molar-refractivity contribution in [1.82, 2.24) is 0 Å². The summed E-state index contributed by atoms with van der Waals surface area (Å²) in [6.07, 6.45) is -3.98. The van der Waals surface area contributed by atoms with Crippen LogP contribution in [0, 0.1) is 0 Å². The van der Waals surface area contributed by atoms with Crippen LogP contribution >= 0.6 is 0 Å². The van der Waals surface area contributed by atoms with E-state index in [0.29, 0.717) is 18.6 Å². The van der Waals surface area contributed by atoms with Gasteiger partial charge in [-0.25, -0.2) is 0 Å². The number of nitrogens with zero attached hydrogens (tertiary/aromatic N) is 3. The maximum atomic E-state index is 12.6. The zero-order chi connectivity index (χ0) is 13.9. The second-order valence-electron chi connectivity index (χ2n) is 4.42. The van der Waals surface area contributed by atoms with Gasteiger partial charge in [-0.15, -0.1) is 0 Å². The van der Waals surface area contributed by atoms with Crippen molar-refractivity contribution in [1.29, 1.82) is 0 Å². The van der Waals surface area contributed by atoms with E-state index in [-0.39, 0.29) is 18.6 Å². The fraction of sp³-hybridized carbons (Fsp3) is 0.500. The van der Waals surface area contributed by atoms with Crippen LogP contribution in [-0.4, -0.2) is 19.3 Å². The summed E-state index contributed by atoms with van der Waals surface area (Å²) in [6.45, 7) is 0.568. The van der Waals surface area contributed by atoms with Crippen molar-refractivity contribution in [2.75, 3.05) is 13.2 Å². The Hall–Kier alpha value is -1.72. The van der Waals surface area contributed by atoms with Crippen LogP contribution in [0.3, 0.4) is 0 Å². The minimum Gasteiger partial charge on any atom is -0.377 e. The molecule has 2 unspecified atom stereocenters. The molecule has 1 aromatic carbocycles. The smallest absolute Gasteiger partial charge is 0.377 e. The van der Waals surface area contributed by atoms with Gasteiger partial charge < -0.3 is 4.74 Å². The Morgan fingerprint density at radius 3 is 2.89 bits per heavy atom. The third-order valence-electron chi connectivity index (χ3n) is 3.11. The van der Waals surface area contributed by atoms with Crippen LogP contribution in [0.5, 0.6) is 0 Å². The Kier molecular flexibility index (Phi) is 3.97. The number of hydrogen-bond acceptors (Lipinski definition) is 2. The fourth-order valence-corrected chi connectivity index (χ4v) is 2.16. The van der Waals surface area contributed by atoms with Crippen molar-refractivity contribution < 1.29 is 17.9 Å². The zero-order valence-electron chi connectivity index (χ0n) is 9.97. The lowest BCUT2D eigenvalue weighted by molar-refractivity contribution is -0.137. The average Bonchev–Trinajstić information content (AvgIpc) is 2.84. The quantitative estimate of drug-likeness (QED) is 0.467. The molecule has 0 aromatic heterocycles. The minimum atomic E-state index is -4.33. The highest BCUT2D eigenvalue weighted by Gasteiger charge is 2.32. The Morgan fingerprint density at radius 1 is 1.42 bits per heavy atom. The van der Waals surface area contributed by atoms with Gasteiger partial charge in [-0.05, 0) is 23.6 Å². The highest BCUT2D eigenvalue weighted by Crippen LogP contribution is 2.34. The van der Waals surface area contributed by atoms with Crippen molar-refractivity contribution in [3.8, 4) is 0 Å². The molecule has 2 rings (SSSR count). The molecule has 1 aromatic rings. The summed E-state index contributed by atoms with van der Waals surface area (Å²) >= 11 is 0. The molecule has 4 nitrogen and oxygen atoms in total. The first kappa shape index (κ1) is 13.7. The zero-order valence-corrected chi connectivity index (χ0v) is 9.97. The molecule has 0 aliphatic carbocycles. The summed E-state index contributed by atoms with van der Waals surface area (Å²) in [7, 11) is 0. The maximum Gasteiger partial charge on any atom is 0.416 e. The SMILES string of the molecule is [N-]=[N+]=NCC1CC(c2cccc(C(F)(F)F)c2)CO1. The topological polar surface area (TPSA) is 58.0 Å². The number of ether oxygens (including phenoxy) is 1. The van der Waals surface area contributed by atoms with E-state index in [4.69, 9.17) is 10.3 Å². The number of halogens is 3. The van der Waals surface area contributed by atoms with E-state index in [1.165, 1.54) is 6.07 Å². The van der Waals surface area contributed by atoms with Crippen LogP contribution in [0.4, 0.5) is 13.2 Å². The molecule has 1 aliphatic rings. The van der Waals surface area contributed by atoms with Crippen LogP contribution in [0.15, 0.2) is 29.4 Å². The molecule has 0 amide bonds. The number of hydrogen-bond donors (Lipinski definition) is 0. The first-order chi connectivity index (χ1) is 9.00. The van der Waals surface area contributed by atoms with Crippen molar-refractivity contribution in [3.63, 3.8) is 0 Å². The fourth-order valence-electron chi connectivity index (χ4n) is 2.16. The second-order valence-corrected chi connectivity index (χ2v) is 4.42. The van der Waals surface area contributed by atoms with Crippen LogP contribution in [-0.2, 0) is 10.9 Å². The van der Waals surface area contributed by atoms with Crippen molar-refractivity contribution in [3.05, 3.63) is 45.8 Å². The Bertz CT molecular complexity index is 497. The summed E-state index contributed by atoms with van der Waals surface area (Å²) in [5.74, 6) is -0.0822. The third-order valence-corrected chi connectivity index (χ3v) is 3.11. The van der Waals surface area contributed by atoms with Gasteiger partial charge in [0.25, 0.3) is 0 Å². The second kappa shape index (κ2) is 5.50. The molecule has 0 saturated carbocycles. The standard InChI is InChI=1S/C12H12F3N3O/c13-12(14,15)10-3-1-2-8(4-10)9-5-11(19-7-9)6-17-18-16/h1-4,9,11H,5-7H2. The van der Waals surface area contributed by atoms with Gasteiger partial charge in [0.15, 0.2) is 0 Å². The first-order valence-electron chi connectivity index (χ1n) is 5.80. The average molecular weight is 271 g/mol. The normalized spacial score (nSPS) is 23.1. The summed E-state index contributed by atoms with van der Waals surface area (Å²) in [5.41, 5.74) is 8.17. The Balaban J connectivity index is 2.09. The lowest BCUT2D eigenvalue weighted by atomic mass is 9.95. The lowest BCUT2D eigenvalue weighted by Crippen LogP contribution is -2.09. The van der Waals surface area contributed by atoms with E-state index in [1.54, 1.807) is 6.07 Å². The van der Waals surface area contributed by atoms with Gasteiger partial charge in [-0.2, -0.15) is 13.2 Å². The molecular weight excluding hydrogens is 259 g/mol. The van der Waals surface area contributed by atoms with Gasteiger partial charge in [-0.3, -0.25) is 0 Å². The van der Waals surface area contributed by atoms with Crippen LogP contribution in [0.1, 0.15) is 23.5 Å². The molecule has 0 N–H and O–H groups in total. The number of alkyl halides is 3. The minimum absolute atomic E-state index is 0.0822. The number of benzene rings is 1. The molecule has 1 heterocycles. The van der Waals surface area contributed by atoms with Gasteiger partial charge in [0.1, 0.15) is 0 Å². The molecule has 0 radical (unpaired) electrons. The van der Waals surface area contributed by atoms with Crippen LogP contribution < -0.4 is 0 Å². The highest BCUT2D eigenvalue weighted by atomic mass is 19.4. The van der Waals surface area contributed by atoms with Gasteiger partial charge in [-0.1, -0.05) is 23.3 Å². The van der Waals surface area contributed by atoms with E-state index in [0.717, 1.165) is 12.1 Å². The number of azide groups is 1. The molecule has 1 fully saturated rings. The van der Waals surface area contributed by atoms with E-state index >= 15 is 0 Å². The van der Waals surface area contributed by atoms with Gasteiger partial charge in [0.2, 0.25) is 0 Å². The van der Waals surface area contributed by atoms with Crippen LogP contribution in [0.25, 0.3) is 10.4 Å². The molecule has 2 atom stereocenters. The van der Waals surface area contributed by atoms with Gasteiger partial charge in [0, 0.05) is 10.8 Å². The van der Waals surface area contributed by atoms with E-state index in [2.05, 4.69) is 10.0 Å². The molecule has 19 heavy (non-hydrogen) atoms. The molecule has 0 spiro atoms. The molecule has 1 saturated heterocycles. The molecule has 102 valence electrons. The van der Waals surface area contributed by atoms with Gasteiger partial charge >= 0.3 is 6.18 Å². The van der Waals surface area contributed by atoms with E-state index < -0.39 is 11.7 Å². The van der Waals surface area contributed by atoms with Crippen molar-refractivity contribution in [2.24, 2.45) is 5.11 Å². The Labute approximate surface area is 107 Å². The largest absolute Gasteiger partial charge is 0.416 e. The summed E-state index contributed by atoms with van der Waals surface area (Å²) in [5, 5.41) is 3.41. The van der Waals surface area contributed by atoms with Crippen LogP contribution in [0.2, 0.25) is 0 Å². The highest BCUT2D eigenvalue weighted by molar-refractivity contribution is 5.29. The van der Waals surface area contributed by atoms with E-state index in [9.17, 15) is 13.2 Å². The van der Waals surface area contributed by atoms with Crippen molar-refractivity contribution >= 4 is 0 Å².